The van der Waals surface area contributed by atoms with Crippen LogP contribution in [0.15, 0.2) is 41.6 Å². The van der Waals surface area contributed by atoms with Crippen LogP contribution in [0.2, 0.25) is 0 Å². The molecule has 0 saturated heterocycles. The Morgan fingerprint density at radius 3 is 2.16 bits per heavy atom. The smallest absolute Gasteiger partial charge is 0.419 e. The topological polar surface area (TPSA) is 120 Å². The van der Waals surface area contributed by atoms with Crippen molar-refractivity contribution in [2.24, 2.45) is 5.73 Å². The van der Waals surface area contributed by atoms with Gasteiger partial charge in [-0.25, -0.2) is 19.2 Å². The Morgan fingerprint density at radius 2 is 1.68 bits per heavy atom. The largest absolute Gasteiger partial charge is 0.444 e. The second-order valence-corrected chi connectivity index (χ2v) is 8.84. The van der Waals surface area contributed by atoms with Gasteiger partial charge in [-0.2, -0.15) is 13.2 Å². The molecule has 0 saturated carbocycles. The number of nitrogens with two attached hydrogens (primary N) is 1. The molecule has 0 unspecified atom stereocenters. The van der Waals surface area contributed by atoms with Crippen LogP contribution in [0.5, 0.6) is 0 Å². The molecule has 3 rings (SSSR count). The van der Waals surface area contributed by atoms with Crippen LogP contribution >= 0.6 is 0 Å². The first kappa shape index (κ1) is 32.5. The minimum atomic E-state index is -4.58. The number of aryl methyl sites for hydroxylation is 1. The van der Waals surface area contributed by atoms with Crippen LogP contribution in [0.3, 0.4) is 0 Å². The summed E-state index contributed by atoms with van der Waals surface area (Å²) in [5.74, 6) is -0.983. The minimum absolute atomic E-state index is 0.0821. The average Bonchev–Trinajstić information content (AvgIpc) is 2.83. The van der Waals surface area contributed by atoms with Crippen molar-refractivity contribution in [1.82, 2.24) is 14.5 Å². The number of aromatic nitrogens is 3. The van der Waals surface area contributed by atoms with E-state index in [0.717, 1.165) is 12.5 Å². The second-order valence-electron chi connectivity index (χ2n) is 8.84. The van der Waals surface area contributed by atoms with Gasteiger partial charge in [-0.1, -0.05) is 13.8 Å². The number of carbonyl (C=O) groups excluding carboxylic acids is 1. The summed E-state index contributed by atoms with van der Waals surface area (Å²) in [5, 5.41) is 9.39. The molecule has 1 amide bonds. The lowest BCUT2D eigenvalue weighted by Gasteiger charge is -2.16. The standard InChI is InChI=1S/C19H17F4N3O2.C5H11NO2.C2H6/c20-16-9-14-12(4-6-26(18(14)28)5-2-1-3-7-27)8-15(16)17-24-10-13(11-25-17)19(21,22)23;1-5(2,3)8-4(6)7;1-2/h4,6,8-11,27H,1-3,5,7H2;1-3H3,(H2,6,7);1-2H3. The maximum Gasteiger partial charge on any atom is 0.419 e. The number of aliphatic hydroxyl groups is 1. The monoisotopic (exact) mass is 542 g/mol. The van der Waals surface area contributed by atoms with Crippen LogP contribution in [0.4, 0.5) is 22.4 Å². The first-order valence-corrected chi connectivity index (χ1v) is 12.0. The van der Waals surface area contributed by atoms with Crippen LogP contribution in [-0.2, 0) is 17.5 Å². The summed E-state index contributed by atoms with van der Waals surface area (Å²) < 4.78 is 58.4. The Labute approximate surface area is 218 Å². The van der Waals surface area contributed by atoms with Gasteiger partial charge < -0.3 is 20.1 Å². The predicted molar refractivity (Wildman–Crippen MR) is 137 cm³/mol. The number of halogens is 4. The number of nitrogens with zero attached hydrogens (tertiary/aromatic N) is 3. The molecule has 3 N–H and O–H groups in total. The average molecular weight is 543 g/mol. The summed E-state index contributed by atoms with van der Waals surface area (Å²) in [4.78, 5) is 29.8. The van der Waals surface area contributed by atoms with Crippen molar-refractivity contribution in [3.8, 4) is 11.4 Å². The number of hydrogen-bond donors (Lipinski definition) is 2. The number of pyridine rings is 1. The zero-order valence-electron chi connectivity index (χ0n) is 22.1. The first-order chi connectivity index (χ1) is 17.7. The van der Waals surface area contributed by atoms with Crippen molar-refractivity contribution in [3.63, 3.8) is 0 Å². The number of unbranched alkanes of at least 4 members (excludes halogenated alkanes) is 2. The van der Waals surface area contributed by atoms with Crippen molar-refractivity contribution in [1.29, 1.82) is 0 Å². The van der Waals surface area contributed by atoms with Gasteiger partial charge in [0.2, 0.25) is 0 Å². The lowest BCUT2D eigenvalue weighted by molar-refractivity contribution is -0.138. The van der Waals surface area contributed by atoms with E-state index in [2.05, 4.69) is 14.7 Å². The number of aliphatic hydroxyl groups excluding tert-OH is 1. The Bertz CT molecular complexity index is 1240. The van der Waals surface area contributed by atoms with Crippen molar-refractivity contribution in [2.45, 2.75) is 72.2 Å². The molecule has 0 aliphatic carbocycles. The van der Waals surface area contributed by atoms with E-state index >= 15 is 0 Å². The molecule has 0 bridgehead atoms. The number of alkyl halides is 3. The normalized spacial score (nSPS) is 11.2. The summed E-state index contributed by atoms with van der Waals surface area (Å²) >= 11 is 0. The number of rotatable bonds is 6. The van der Waals surface area contributed by atoms with Crippen LogP contribution in [0.1, 0.15) is 59.4 Å². The Kier molecular flexibility index (Phi) is 12.3. The van der Waals surface area contributed by atoms with E-state index in [1.807, 2.05) is 13.8 Å². The van der Waals surface area contributed by atoms with Crippen LogP contribution in [0.25, 0.3) is 22.2 Å². The Morgan fingerprint density at radius 1 is 1.08 bits per heavy atom. The molecular weight excluding hydrogens is 508 g/mol. The van der Waals surface area contributed by atoms with Gasteiger partial charge in [-0.05, 0) is 63.6 Å². The highest BCUT2D eigenvalue weighted by Gasteiger charge is 2.31. The van der Waals surface area contributed by atoms with E-state index < -0.39 is 29.3 Å². The van der Waals surface area contributed by atoms with Crippen LogP contribution < -0.4 is 11.3 Å². The van der Waals surface area contributed by atoms with Gasteiger partial charge in [0.05, 0.1) is 16.5 Å². The highest BCUT2D eigenvalue weighted by atomic mass is 19.4. The molecule has 0 aliphatic heterocycles. The zero-order valence-corrected chi connectivity index (χ0v) is 22.1. The lowest BCUT2D eigenvalue weighted by Crippen LogP contribution is -2.27. The van der Waals surface area contributed by atoms with Gasteiger partial charge in [0.1, 0.15) is 11.4 Å². The number of benzene rings is 1. The molecular formula is C26H34F4N4O4. The summed E-state index contributed by atoms with van der Waals surface area (Å²) in [7, 11) is 0. The van der Waals surface area contributed by atoms with Gasteiger partial charge in [0, 0.05) is 31.7 Å². The lowest BCUT2D eigenvalue weighted by atomic mass is 10.1. The highest BCUT2D eigenvalue weighted by Crippen LogP contribution is 2.29. The highest BCUT2D eigenvalue weighted by molar-refractivity contribution is 5.85. The number of fused-ring (bicyclic) bond motifs is 1. The molecule has 0 radical (unpaired) electrons. The number of primary amides is 1. The van der Waals surface area contributed by atoms with E-state index in [-0.39, 0.29) is 28.9 Å². The van der Waals surface area contributed by atoms with E-state index in [9.17, 15) is 27.2 Å². The summed E-state index contributed by atoms with van der Waals surface area (Å²) in [5.41, 5.74) is 2.80. The third-order valence-corrected chi connectivity index (χ3v) is 4.75. The fraction of sp³-hybridized carbons (Fsp3) is 0.462. The summed E-state index contributed by atoms with van der Waals surface area (Å²) in [6.07, 6.45) is -0.426. The molecule has 0 aliphatic rings. The maximum absolute atomic E-state index is 14.5. The molecule has 8 nitrogen and oxygen atoms in total. The zero-order chi connectivity index (χ0) is 29.1. The SMILES string of the molecule is CC.CC(C)(C)OC(N)=O.O=c1c2cc(F)c(-c3ncc(C(F)(F)F)cn3)cc2ccn1CCCCCO. The van der Waals surface area contributed by atoms with E-state index in [1.165, 1.54) is 10.6 Å². The van der Waals surface area contributed by atoms with Gasteiger partial charge in [0.15, 0.2) is 5.82 Å². The maximum atomic E-state index is 14.5. The van der Waals surface area contributed by atoms with Crippen molar-refractivity contribution in [2.75, 3.05) is 6.61 Å². The Hall–Kier alpha value is -3.54. The fourth-order valence-corrected chi connectivity index (χ4v) is 3.14. The van der Waals surface area contributed by atoms with Crippen molar-refractivity contribution >= 4 is 16.9 Å². The molecule has 2 aromatic heterocycles. The van der Waals surface area contributed by atoms with Gasteiger partial charge >= 0.3 is 12.3 Å². The van der Waals surface area contributed by atoms with Crippen molar-refractivity contribution in [3.05, 3.63) is 58.5 Å². The number of hydrogen-bond acceptors (Lipinski definition) is 6. The molecule has 3 aromatic rings. The van der Waals surface area contributed by atoms with E-state index in [1.54, 1.807) is 33.0 Å². The van der Waals surface area contributed by atoms with E-state index in [4.69, 9.17) is 10.8 Å². The van der Waals surface area contributed by atoms with Crippen LogP contribution in [0, 0.1) is 5.82 Å². The summed E-state index contributed by atoms with van der Waals surface area (Å²) in [6.45, 7) is 9.82. The minimum Gasteiger partial charge on any atom is -0.444 e. The molecule has 1 aromatic carbocycles. The third kappa shape index (κ3) is 10.1. The van der Waals surface area contributed by atoms with Gasteiger partial charge in [0.25, 0.3) is 5.56 Å². The molecule has 0 atom stereocenters. The summed E-state index contributed by atoms with van der Waals surface area (Å²) in [6, 6.07) is 4.04. The van der Waals surface area contributed by atoms with Crippen molar-refractivity contribution < 1.29 is 32.2 Å². The molecule has 38 heavy (non-hydrogen) atoms. The molecule has 0 spiro atoms. The predicted octanol–water partition coefficient (Wildman–Crippen LogP) is 5.69. The number of amides is 1. The molecule has 2 heterocycles. The number of ether oxygens (including phenoxy) is 1. The molecule has 12 heteroatoms. The number of carbonyl (C=O) groups is 1. The molecule has 0 fully saturated rings. The second kappa shape index (κ2) is 14.4. The fourth-order valence-electron chi connectivity index (χ4n) is 3.14. The van der Waals surface area contributed by atoms with E-state index in [0.29, 0.717) is 37.2 Å². The first-order valence-electron chi connectivity index (χ1n) is 12.0. The quantitative estimate of drug-likeness (QED) is 0.305. The van der Waals surface area contributed by atoms with Gasteiger partial charge in [-0.3, -0.25) is 4.79 Å². The molecule has 210 valence electrons. The third-order valence-electron chi connectivity index (χ3n) is 4.75. The van der Waals surface area contributed by atoms with Crippen LogP contribution in [-0.4, -0.2) is 37.9 Å². The Balaban J connectivity index is 0.000000620. The van der Waals surface area contributed by atoms with Gasteiger partial charge in [-0.15, -0.1) is 0 Å².